The zero-order chi connectivity index (χ0) is 15.0. The van der Waals surface area contributed by atoms with E-state index in [1.165, 1.54) is 11.3 Å². The molecule has 6 nitrogen and oxygen atoms in total. The van der Waals surface area contributed by atoms with E-state index in [9.17, 15) is 4.79 Å². The number of hydrogen-bond acceptors (Lipinski definition) is 5. The molecule has 0 atom stereocenters. The van der Waals surface area contributed by atoms with Crippen LogP contribution in [-0.2, 0) is 7.05 Å². The average Bonchev–Trinajstić information content (AvgIpc) is 3.05. The third-order valence-electron chi connectivity index (χ3n) is 3.07. The lowest BCUT2D eigenvalue weighted by atomic mass is 10.1. The molecule has 7 heteroatoms. The molecule has 0 radical (unpaired) electrons. The monoisotopic (exact) mass is 299 g/mol. The van der Waals surface area contributed by atoms with E-state index in [-0.39, 0.29) is 0 Å². The van der Waals surface area contributed by atoms with E-state index in [4.69, 9.17) is 11.5 Å². The number of aromatic nitrogens is 3. The quantitative estimate of drug-likeness (QED) is 0.771. The Morgan fingerprint density at radius 2 is 2.10 bits per heavy atom. The van der Waals surface area contributed by atoms with Crippen molar-refractivity contribution in [1.29, 1.82) is 0 Å². The van der Waals surface area contributed by atoms with Crippen molar-refractivity contribution in [1.82, 2.24) is 14.8 Å². The molecule has 0 unspecified atom stereocenters. The summed E-state index contributed by atoms with van der Waals surface area (Å²) >= 11 is 1.32. The van der Waals surface area contributed by atoms with E-state index >= 15 is 0 Å². The number of nitrogens with zero attached hydrogens (tertiary/aromatic N) is 3. The van der Waals surface area contributed by atoms with Crippen molar-refractivity contribution < 1.29 is 4.79 Å². The minimum Gasteiger partial charge on any atom is -0.390 e. The first-order valence-corrected chi connectivity index (χ1v) is 7.01. The zero-order valence-electron chi connectivity index (χ0n) is 11.3. The number of aryl methyl sites for hydroxylation is 1. The number of amides is 1. The van der Waals surface area contributed by atoms with Gasteiger partial charge in [-0.1, -0.05) is 0 Å². The van der Waals surface area contributed by atoms with E-state index in [0.717, 1.165) is 21.7 Å². The standard InChI is InChI=1S/C14H13N5OS/c1-19-7-9(6-18-19)11-3-2-8(5-17-11)12-4-10(13(15)20)14(16)21-12/h2-7H,16H2,1H3,(H2,15,20). The minimum absolute atomic E-state index is 0.353. The highest BCUT2D eigenvalue weighted by atomic mass is 32.1. The number of anilines is 1. The lowest BCUT2D eigenvalue weighted by molar-refractivity contribution is 0.100. The Balaban J connectivity index is 1.94. The van der Waals surface area contributed by atoms with Crippen LogP contribution in [0.2, 0.25) is 0 Å². The maximum Gasteiger partial charge on any atom is 0.251 e. The molecule has 1 amide bonds. The molecule has 0 saturated heterocycles. The first-order chi connectivity index (χ1) is 10.0. The van der Waals surface area contributed by atoms with E-state index in [2.05, 4.69) is 10.1 Å². The average molecular weight is 299 g/mol. The van der Waals surface area contributed by atoms with Crippen LogP contribution < -0.4 is 11.5 Å². The number of primary amides is 1. The second-order valence-corrected chi connectivity index (χ2v) is 5.67. The Labute approximate surface area is 125 Å². The molecule has 0 saturated carbocycles. The summed E-state index contributed by atoms with van der Waals surface area (Å²) in [6, 6.07) is 5.54. The molecule has 3 aromatic heterocycles. The predicted molar refractivity (Wildman–Crippen MR) is 82.7 cm³/mol. The number of carbonyl (C=O) groups is 1. The van der Waals surface area contributed by atoms with Gasteiger partial charge in [0.1, 0.15) is 0 Å². The smallest absolute Gasteiger partial charge is 0.251 e. The number of nitrogens with two attached hydrogens (primary N) is 2. The fourth-order valence-electron chi connectivity index (χ4n) is 2.00. The van der Waals surface area contributed by atoms with Crippen molar-refractivity contribution in [2.75, 3.05) is 5.73 Å². The normalized spacial score (nSPS) is 10.7. The zero-order valence-corrected chi connectivity index (χ0v) is 12.1. The van der Waals surface area contributed by atoms with Crippen LogP contribution in [0, 0.1) is 0 Å². The molecule has 0 fully saturated rings. The number of pyridine rings is 1. The lowest BCUT2D eigenvalue weighted by Gasteiger charge is -1.99. The van der Waals surface area contributed by atoms with E-state index in [0.29, 0.717) is 10.6 Å². The summed E-state index contributed by atoms with van der Waals surface area (Å²) in [4.78, 5) is 16.5. The summed E-state index contributed by atoms with van der Waals surface area (Å²) in [6.45, 7) is 0. The Kier molecular flexibility index (Phi) is 3.19. The molecule has 3 rings (SSSR count). The summed E-state index contributed by atoms with van der Waals surface area (Å²) < 4.78 is 1.73. The van der Waals surface area contributed by atoms with Crippen molar-refractivity contribution in [3.63, 3.8) is 0 Å². The molecule has 0 aliphatic heterocycles. The van der Waals surface area contributed by atoms with Crippen molar-refractivity contribution in [2.45, 2.75) is 0 Å². The lowest BCUT2D eigenvalue weighted by Crippen LogP contribution is -2.11. The SMILES string of the molecule is Cn1cc(-c2ccc(-c3cc(C(N)=O)c(N)s3)cn2)cn1. The molecule has 106 valence electrons. The Bertz CT molecular complexity index is 803. The minimum atomic E-state index is -0.519. The molecule has 4 N–H and O–H groups in total. The van der Waals surface area contributed by atoms with Gasteiger partial charge >= 0.3 is 0 Å². The van der Waals surface area contributed by atoms with Crippen LogP contribution in [0.4, 0.5) is 5.00 Å². The molecule has 0 aliphatic rings. The molecule has 3 heterocycles. The molecular formula is C14H13N5OS. The van der Waals surface area contributed by atoms with Crippen LogP contribution in [0.3, 0.4) is 0 Å². The summed E-state index contributed by atoms with van der Waals surface area (Å²) in [5.41, 5.74) is 14.1. The van der Waals surface area contributed by atoms with Gasteiger partial charge in [-0.25, -0.2) is 0 Å². The highest BCUT2D eigenvalue weighted by molar-refractivity contribution is 7.19. The van der Waals surface area contributed by atoms with Gasteiger partial charge in [-0.15, -0.1) is 11.3 Å². The van der Waals surface area contributed by atoms with Gasteiger partial charge in [-0.2, -0.15) is 5.10 Å². The van der Waals surface area contributed by atoms with Gasteiger partial charge in [0.15, 0.2) is 0 Å². The van der Waals surface area contributed by atoms with Gasteiger partial charge < -0.3 is 11.5 Å². The van der Waals surface area contributed by atoms with Gasteiger partial charge in [0.2, 0.25) is 0 Å². The fraction of sp³-hybridized carbons (Fsp3) is 0.0714. The van der Waals surface area contributed by atoms with Crippen LogP contribution in [0.1, 0.15) is 10.4 Å². The third-order valence-corrected chi connectivity index (χ3v) is 4.09. The maximum atomic E-state index is 11.2. The Hall–Kier alpha value is -2.67. The number of carbonyl (C=O) groups excluding carboxylic acids is 1. The van der Waals surface area contributed by atoms with Gasteiger partial charge in [-0.3, -0.25) is 14.5 Å². The first kappa shape index (κ1) is 13.3. The second kappa shape index (κ2) is 5.02. The topological polar surface area (TPSA) is 99.8 Å². The number of thiophene rings is 1. The van der Waals surface area contributed by atoms with Crippen LogP contribution in [-0.4, -0.2) is 20.7 Å². The molecule has 21 heavy (non-hydrogen) atoms. The van der Waals surface area contributed by atoms with Crippen molar-refractivity contribution >= 4 is 22.2 Å². The molecule has 0 aromatic carbocycles. The van der Waals surface area contributed by atoms with E-state index < -0.39 is 5.91 Å². The highest BCUT2D eigenvalue weighted by Crippen LogP contribution is 2.33. The van der Waals surface area contributed by atoms with Crippen LogP contribution in [0.15, 0.2) is 36.8 Å². The summed E-state index contributed by atoms with van der Waals surface area (Å²) in [7, 11) is 1.86. The number of hydrogen-bond donors (Lipinski definition) is 2. The maximum absolute atomic E-state index is 11.2. The predicted octanol–water partition coefficient (Wildman–Crippen LogP) is 1.89. The van der Waals surface area contributed by atoms with Crippen LogP contribution >= 0.6 is 11.3 Å². The van der Waals surface area contributed by atoms with Crippen molar-refractivity contribution in [3.8, 4) is 21.7 Å². The first-order valence-electron chi connectivity index (χ1n) is 6.19. The largest absolute Gasteiger partial charge is 0.390 e. The Morgan fingerprint density at radius 1 is 1.29 bits per heavy atom. The summed E-state index contributed by atoms with van der Waals surface area (Å²) in [6.07, 6.45) is 5.41. The molecule has 0 bridgehead atoms. The molecule has 3 aromatic rings. The van der Waals surface area contributed by atoms with Crippen molar-refractivity contribution in [2.24, 2.45) is 12.8 Å². The summed E-state index contributed by atoms with van der Waals surface area (Å²) in [5.74, 6) is -0.519. The van der Waals surface area contributed by atoms with E-state index in [1.807, 2.05) is 25.4 Å². The van der Waals surface area contributed by atoms with Gasteiger partial charge in [0, 0.05) is 35.4 Å². The van der Waals surface area contributed by atoms with Gasteiger partial charge in [0.05, 0.1) is 22.5 Å². The Morgan fingerprint density at radius 3 is 2.62 bits per heavy atom. The molecular weight excluding hydrogens is 286 g/mol. The van der Waals surface area contributed by atoms with Crippen molar-refractivity contribution in [3.05, 3.63) is 42.4 Å². The van der Waals surface area contributed by atoms with Crippen LogP contribution in [0.25, 0.3) is 21.7 Å². The summed E-state index contributed by atoms with van der Waals surface area (Å²) in [5, 5.41) is 4.54. The molecule has 0 spiro atoms. The van der Waals surface area contributed by atoms with Crippen LogP contribution in [0.5, 0.6) is 0 Å². The van der Waals surface area contributed by atoms with Gasteiger partial charge in [-0.05, 0) is 18.2 Å². The molecule has 0 aliphatic carbocycles. The highest BCUT2D eigenvalue weighted by Gasteiger charge is 2.12. The third kappa shape index (κ3) is 2.50. The van der Waals surface area contributed by atoms with E-state index in [1.54, 1.807) is 23.1 Å². The fourth-order valence-corrected chi connectivity index (χ4v) is 2.93. The van der Waals surface area contributed by atoms with Gasteiger partial charge in [0.25, 0.3) is 5.91 Å². The number of rotatable bonds is 3. The second-order valence-electron chi connectivity index (χ2n) is 4.59. The number of nitrogen functional groups attached to an aromatic ring is 1.